The van der Waals surface area contributed by atoms with Gasteiger partial charge in [0.2, 0.25) is 0 Å². The predicted octanol–water partition coefficient (Wildman–Crippen LogP) is 5.42. The molecule has 122 valence electrons. The number of benzene rings is 3. The molecule has 0 radical (unpaired) electrons. The van der Waals surface area contributed by atoms with E-state index < -0.39 is 0 Å². The summed E-state index contributed by atoms with van der Waals surface area (Å²) in [6.07, 6.45) is 1.65. The number of H-pyrrole nitrogens is 1. The van der Waals surface area contributed by atoms with Crippen molar-refractivity contribution in [3.8, 4) is 17.4 Å². The second-order valence-electron chi connectivity index (χ2n) is 5.57. The van der Waals surface area contributed by atoms with Gasteiger partial charge in [0, 0.05) is 17.1 Å². The first-order chi connectivity index (χ1) is 12.3. The van der Waals surface area contributed by atoms with E-state index in [1.807, 2.05) is 78.9 Å². The lowest BCUT2D eigenvalue weighted by molar-refractivity contribution is 0.457. The molecule has 0 amide bonds. The molecule has 0 aliphatic rings. The maximum absolute atomic E-state index is 10.1. The van der Waals surface area contributed by atoms with Crippen LogP contribution in [0.4, 0.5) is 5.69 Å². The fourth-order valence-corrected chi connectivity index (χ4v) is 2.68. The average molecular weight is 328 g/mol. The summed E-state index contributed by atoms with van der Waals surface area (Å²) in [4.78, 5) is 7.48. The van der Waals surface area contributed by atoms with E-state index in [2.05, 4.69) is 9.98 Å². The predicted molar refractivity (Wildman–Crippen MR) is 100 cm³/mol. The SMILES string of the molecule is Oc1[nH]c2ccccc2c1C=Nc1ccccc1Oc1ccccc1. The van der Waals surface area contributed by atoms with Crippen LogP contribution in [0.25, 0.3) is 10.9 Å². The van der Waals surface area contributed by atoms with E-state index in [1.165, 1.54) is 0 Å². The maximum Gasteiger partial charge on any atom is 0.198 e. The number of para-hydroxylation sites is 4. The molecule has 1 heterocycles. The lowest BCUT2D eigenvalue weighted by Crippen LogP contribution is -1.85. The molecule has 0 aliphatic carbocycles. The van der Waals surface area contributed by atoms with Crippen LogP contribution in [0.15, 0.2) is 83.9 Å². The number of hydrogen-bond donors (Lipinski definition) is 2. The second-order valence-corrected chi connectivity index (χ2v) is 5.57. The van der Waals surface area contributed by atoms with Gasteiger partial charge in [0.25, 0.3) is 0 Å². The van der Waals surface area contributed by atoms with Crippen molar-refractivity contribution in [3.63, 3.8) is 0 Å². The number of aromatic amines is 1. The Morgan fingerprint density at radius 2 is 1.56 bits per heavy atom. The number of aromatic nitrogens is 1. The van der Waals surface area contributed by atoms with Gasteiger partial charge in [-0.1, -0.05) is 48.5 Å². The highest BCUT2D eigenvalue weighted by atomic mass is 16.5. The summed E-state index contributed by atoms with van der Waals surface area (Å²) in [7, 11) is 0. The van der Waals surface area contributed by atoms with Gasteiger partial charge < -0.3 is 14.8 Å². The third-order valence-corrected chi connectivity index (χ3v) is 3.89. The molecule has 0 saturated heterocycles. The smallest absolute Gasteiger partial charge is 0.198 e. The van der Waals surface area contributed by atoms with Crippen molar-refractivity contribution in [1.82, 2.24) is 4.98 Å². The van der Waals surface area contributed by atoms with Gasteiger partial charge >= 0.3 is 0 Å². The van der Waals surface area contributed by atoms with Gasteiger partial charge in [0.05, 0.1) is 5.56 Å². The van der Waals surface area contributed by atoms with Gasteiger partial charge in [-0.25, -0.2) is 0 Å². The highest BCUT2D eigenvalue weighted by molar-refractivity contribution is 6.02. The summed E-state index contributed by atoms with van der Waals surface area (Å²) in [6.45, 7) is 0. The van der Waals surface area contributed by atoms with Crippen molar-refractivity contribution in [1.29, 1.82) is 0 Å². The van der Waals surface area contributed by atoms with E-state index in [9.17, 15) is 5.11 Å². The first-order valence-electron chi connectivity index (χ1n) is 7.97. The van der Waals surface area contributed by atoms with Crippen LogP contribution < -0.4 is 4.74 Å². The number of fused-ring (bicyclic) bond motifs is 1. The number of ether oxygens (including phenoxy) is 1. The van der Waals surface area contributed by atoms with Gasteiger partial charge in [-0.05, 0) is 30.3 Å². The van der Waals surface area contributed by atoms with Crippen LogP contribution in [0.3, 0.4) is 0 Å². The Hall–Kier alpha value is -3.53. The van der Waals surface area contributed by atoms with Crippen molar-refractivity contribution in [3.05, 3.63) is 84.4 Å². The number of rotatable bonds is 4. The first-order valence-corrected chi connectivity index (χ1v) is 7.97. The average Bonchev–Trinajstić information content (AvgIpc) is 2.97. The molecule has 4 rings (SSSR count). The molecular formula is C21H16N2O2. The van der Waals surface area contributed by atoms with Gasteiger partial charge in [-0.15, -0.1) is 0 Å². The lowest BCUT2D eigenvalue weighted by Gasteiger charge is -2.07. The van der Waals surface area contributed by atoms with Crippen LogP contribution in [0.5, 0.6) is 17.4 Å². The molecule has 0 fully saturated rings. The Bertz CT molecular complexity index is 1040. The molecule has 0 saturated carbocycles. The van der Waals surface area contributed by atoms with E-state index in [1.54, 1.807) is 6.21 Å². The molecule has 2 N–H and O–H groups in total. The van der Waals surface area contributed by atoms with Gasteiger partial charge in [-0.2, -0.15) is 0 Å². The minimum absolute atomic E-state index is 0.103. The number of nitrogens with zero attached hydrogens (tertiary/aromatic N) is 1. The number of aromatic hydroxyl groups is 1. The Balaban J connectivity index is 1.69. The summed E-state index contributed by atoms with van der Waals surface area (Å²) in [5.41, 5.74) is 2.22. The third-order valence-electron chi connectivity index (χ3n) is 3.89. The van der Waals surface area contributed by atoms with Crippen LogP contribution in [0.2, 0.25) is 0 Å². The fraction of sp³-hybridized carbons (Fsp3) is 0. The largest absolute Gasteiger partial charge is 0.494 e. The zero-order valence-corrected chi connectivity index (χ0v) is 13.4. The second kappa shape index (κ2) is 6.53. The van der Waals surface area contributed by atoms with E-state index in [-0.39, 0.29) is 5.88 Å². The van der Waals surface area contributed by atoms with Gasteiger partial charge in [-0.3, -0.25) is 4.99 Å². The summed E-state index contributed by atoms with van der Waals surface area (Å²) in [5, 5.41) is 11.1. The Kier molecular flexibility index (Phi) is 3.92. The molecule has 4 aromatic rings. The van der Waals surface area contributed by atoms with Crippen molar-refractivity contribution in [2.45, 2.75) is 0 Å². The van der Waals surface area contributed by atoms with Crippen LogP contribution in [-0.4, -0.2) is 16.3 Å². The quantitative estimate of drug-likeness (QED) is 0.492. The normalized spacial score (nSPS) is 11.2. The monoisotopic (exact) mass is 328 g/mol. The van der Waals surface area contributed by atoms with Crippen LogP contribution in [0, 0.1) is 0 Å². The Labute approximate surface area is 145 Å². The van der Waals surface area contributed by atoms with Crippen molar-refractivity contribution in [2.75, 3.05) is 0 Å². The van der Waals surface area contributed by atoms with Gasteiger partial charge in [0.15, 0.2) is 11.6 Å². The minimum atomic E-state index is 0.103. The van der Waals surface area contributed by atoms with Crippen molar-refractivity contribution in [2.24, 2.45) is 4.99 Å². The molecule has 1 aromatic heterocycles. The maximum atomic E-state index is 10.1. The molecule has 0 aliphatic heterocycles. The summed E-state index contributed by atoms with van der Waals surface area (Å²) in [6, 6.07) is 24.8. The van der Waals surface area contributed by atoms with Crippen LogP contribution >= 0.6 is 0 Å². The molecule has 3 aromatic carbocycles. The van der Waals surface area contributed by atoms with Crippen LogP contribution in [-0.2, 0) is 0 Å². The summed E-state index contributed by atoms with van der Waals surface area (Å²) in [5.74, 6) is 1.51. The number of nitrogens with one attached hydrogen (secondary N) is 1. The zero-order valence-electron chi connectivity index (χ0n) is 13.4. The first kappa shape index (κ1) is 15.0. The lowest BCUT2D eigenvalue weighted by atomic mass is 10.2. The fourth-order valence-electron chi connectivity index (χ4n) is 2.68. The molecule has 25 heavy (non-hydrogen) atoms. The van der Waals surface area contributed by atoms with E-state index in [4.69, 9.17) is 4.74 Å². The highest BCUT2D eigenvalue weighted by Gasteiger charge is 2.09. The molecule has 4 heteroatoms. The van der Waals surface area contributed by atoms with Crippen LogP contribution in [0.1, 0.15) is 5.56 Å². The van der Waals surface area contributed by atoms with Crippen molar-refractivity contribution >= 4 is 22.8 Å². The molecule has 0 unspecified atom stereocenters. The Morgan fingerprint density at radius 1 is 0.840 bits per heavy atom. The molecule has 0 bridgehead atoms. The molecular weight excluding hydrogens is 312 g/mol. The highest BCUT2D eigenvalue weighted by Crippen LogP contribution is 2.32. The minimum Gasteiger partial charge on any atom is -0.494 e. The molecule has 0 atom stereocenters. The topological polar surface area (TPSA) is 57.6 Å². The van der Waals surface area contributed by atoms with E-state index in [0.717, 1.165) is 16.7 Å². The van der Waals surface area contributed by atoms with Gasteiger partial charge in [0.1, 0.15) is 11.4 Å². The van der Waals surface area contributed by atoms with E-state index >= 15 is 0 Å². The standard InChI is InChI=1S/C21H16N2O2/c24-21-17(16-10-4-5-11-18(16)23-21)14-22-19-12-6-7-13-20(19)25-15-8-2-1-3-9-15/h1-14,23-24H. The Morgan fingerprint density at radius 3 is 2.44 bits per heavy atom. The summed E-state index contributed by atoms with van der Waals surface area (Å²) < 4.78 is 5.91. The molecule has 4 nitrogen and oxygen atoms in total. The number of aliphatic imine (C=N–C) groups is 1. The van der Waals surface area contributed by atoms with Crippen molar-refractivity contribution < 1.29 is 9.84 Å². The third kappa shape index (κ3) is 3.10. The zero-order chi connectivity index (χ0) is 17.1. The number of hydrogen-bond acceptors (Lipinski definition) is 3. The molecule has 0 spiro atoms. The van der Waals surface area contributed by atoms with E-state index in [0.29, 0.717) is 17.0 Å². The summed E-state index contributed by atoms with van der Waals surface area (Å²) >= 11 is 0.